The van der Waals surface area contributed by atoms with E-state index in [-0.39, 0.29) is 0 Å². The first-order chi connectivity index (χ1) is 8.15. The molecule has 17 heavy (non-hydrogen) atoms. The van der Waals surface area contributed by atoms with Gasteiger partial charge in [0.15, 0.2) is 0 Å². The maximum atomic E-state index is 3.53. The molecule has 2 nitrogen and oxygen atoms in total. The minimum Gasteiger partial charge on any atom is -0.316 e. The molecule has 2 aliphatic rings. The highest BCUT2D eigenvalue weighted by atomic mass is 15.1. The molecule has 1 aliphatic carbocycles. The van der Waals surface area contributed by atoms with Gasteiger partial charge < -0.3 is 10.2 Å². The zero-order chi connectivity index (χ0) is 12.3. The first-order valence-corrected chi connectivity index (χ1v) is 7.56. The summed E-state index contributed by atoms with van der Waals surface area (Å²) in [5.74, 6) is 2.74. The molecule has 0 aromatic rings. The van der Waals surface area contributed by atoms with Crippen molar-refractivity contribution >= 4 is 0 Å². The molecule has 1 saturated heterocycles. The molecule has 1 aliphatic heterocycles. The largest absolute Gasteiger partial charge is 0.316 e. The number of rotatable bonds is 3. The summed E-state index contributed by atoms with van der Waals surface area (Å²) in [4.78, 5) is 2.66. The monoisotopic (exact) mass is 238 g/mol. The molecule has 1 heterocycles. The average Bonchev–Trinajstić information content (AvgIpc) is 2.29. The molecule has 100 valence electrons. The van der Waals surface area contributed by atoms with Gasteiger partial charge in [-0.15, -0.1) is 0 Å². The van der Waals surface area contributed by atoms with Crippen LogP contribution in [0.15, 0.2) is 0 Å². The minimum atomic E-state index is 0.843. The molecule has 0 bridgehead atoms. The van der Waals surface area contributed by atoms with E-state index in [2.05, 4.69) is 31.1 Å². The molecule has 0 radical (unpaired) electrons. The fourth-order valence-corrected chi connectivity index (χ4v) is 3.90. The van der Waals surface area contributed by atoms with Gasteiger partial charge >= 0.3 is 0 Å². The molecule has 3 atom stereocenters. The van der Waals surface area contributed by atoms with E-state index in [1.54, 1.807) is 0 Å². The van der Waals surface area contributed by atoms with Crippen LogP contribution in [0.4, 0.5) is 0 Å². The zero-order valence-corrected chi connectivity index (χ0v) is 11.9. The van der Waals surface area contributed by atoms with Gasteiger partial charge in [-0.05, 0) is 70.0 Å². The summed E-state index contributed by atoms with van der Waals surface area (Å²) in [6.45, 7) is 8.63. The van der Waals surface area contributed by atoms with Crippen LogP contribution in [-0.4, -0.2) is 37.6 Å². The average molecular weight is 238 g/mol. The van der Waals surface area contributed by atoms with Gasteiger partial charge in [0, 0.05) is 12.6 Å². The first-order valence-electron chi connectivity index (χ1n) is 7.56. The van der Waals surface area contributed by atoms with Crippen LogP contribution in [0.5, 0.6) is 0 Å². The smallest absolute Gasteiger partial charge is 0.00974 e. The molecule has 2 fully saturated rings. The van der Waals surface area contributed by atoms with Crippen molar-refractivity contribution in [2.75, 3.05) is 26.7 Å². The highest BCUT2D eigenvalue weighted by Gasteiger charge is 2.27. The summed E-state index contributed by atoms with van der Waals surface area (Å²) >= 11 is 0. The fourth-order valence-electron chi connectivity index (χ4n) is 3.90. The van der Waals surface area contributed by atoms with Crippen LogP contribution < -0.4 is 5.32 Å². The van der Waals surface area contributed by atoms with E-state index in [4.69, 9.17) is 0 Å². The Morgan fingerprint density at radius 1 is 1.12 bits per heavy atom. The number of nitrogens with zero attached hydrogens (tertiary/aromatic N) is 1. The molecule has 2 heteroatoms. The Kier molecular flexibility index (Phi) is 4.87. The lowest BCUT2D eigenvalue weighted by Gasteiger charge is -2.39. The van der Waals surface area contributed by atoms with Crippen molar-refractivity contribution < 1.29 is 0 Å². The number of nitrogens with one attached hydrogen (secondary N) is 1. The molecule has 0 aromatic carbocycles. The van der Waals surface area contributed by atoms with Gasteiger partial charge in [0.05, 0.1) is 0 Å². The second-order valence-corrected chi connectivity index (χ2v) is 6.72. The van der Waals surface area contributed by atoms with Crippen molar-refractivity contribution in [1.82, 2.24) is 10.2 Å². The Balaban J connectivity index is 1.79. The fraction of sp³-hybridized carbons (Fsp3) is 1.00. The van der Waals surface area contributed by atoms with Crippen molar-refractivity contribution in [3.8, 4) is 0 Å². The summed E-state index contributed by atoms with van der Waals surface area (Å²) in [6, 6.07) is 0.843. The lowest BCUT2D eigenvalue weighted by atomic mass is 9.79. The third kappa shape index (κ3) is 3.96. The summed E-state index contributed by atoms with van der Waals surface area (Å²) in [7, 11) is 2.35. The Hall–Kier alpha value is -0.0800. The lowest BCUT2D eigenvalue weighted by Crippen LogP contribution is -2.43. The van der Waals surface area contributed by atoms with E-state index in [1.165, 1.54) is 51.7 Å². The van der Waals surface area contributed by atoms with Crippen molar-refractivity contribution in [1.29, 1.82) is 0 Å². The van der Waals surface area contributed by atoms with E-state index >= 15 is 0 Å². The normalized spacial score (nSPS) is 39.5. The van der Waals surface area contributed by atoms with Crippen LogP contribution in [0.2, 0.25) is 0 Å². The van der Waals surface area contributed by atoms with E-state index in [1.807, 2.05) is 0 Å². The highest BCUT2D eigenvalue weighted by Crippen LogP contribution is 2.31. The van der Waals surface area contributed by atoms with Gasteiger partial charge in [0.25, 0.3) is 0 Å². The van der Waals surface area contributed by atoms with Gasteiger partial charge in [-0.1, -0.05) is 13.8 Å². The van der Waals surface area contributed by atoms with E-state index < -0.39 is 0 Å². The Labute approximate surface area is 107 Å². The third-order valence-corrected chi connectivity index (χ3v) is 4.72. The second kappa shape index (κ2) is 6.19. The predicted molar refractivity (Wildman–Crippen MR) is 74.2 cm³/mol. The van der Waals surface area contributed by atoms with Crippen molar-refractivity contribution in [3.63, 3.8) is 0 Å². The Morgan fingerprint density at radius 2 is 1.82 bits per heavy atom. The van der Waals surface area contributed by atoms with E-state index in [9.17, 15) is 0 Å². The molecule has 1 N–H and O–H groups in total. The third-order valence-electron chi connectivity index (χ3n) is 4.72. The van der Waals surface area contributed by atoms with Gasteiger partial charge in [-0.25, -0.2) is 0 Å². The van der Waals surface area contributed by atoms with Crippen molar-refractivity contribution in [3.05, 3.63) is 0 Å². The van der Waals surface area contributed by atoms with E-state index in [0.717, 1.165) is 23.8 Å². The second-order valence-electron chi connectivity index (χ2n) is 6.72. The molecular formula is C15H30N2. The molecule has 0 aromatic heterocycles. The summed E-state index contributed by atoms with van der Waals surface area (Å²) in [5, 5.41) is 3.53. The molecule has 3 unspecified atom stereocenters. The number of hydrogen-bond acceptors (Lipinski definition) is 2. The quantitative estimate of drug-likeness (QED) is 0.813. The number of piperidine rings is 1. The van der Waals surface area contributed by atoms with Crippen LogP contribution in [0.1, 0.15) is 46.0 Å². The van der Waals surface area contributed by atoms with Gasteiger partial charge in [0.2, 0.25) is 0 Å². The Bertz CT molecular complexity index is 213. The minimum absolute atomic E-state index is 0.843. The first kappa shape index (κ1) is 13.4. The van der Waals surface area contributed by atoms with Crippen LogP contribution >= 0.6 is 0 Å². The standard InChI is InChI=1S/C15H30N2/c1-12-7-13(2)9-15(8-12)17(3)11-14-5-4-6-16-10-14/h12-16H,4-11H2,1-3H3. The number of hydrogen-bond donors (Lipinski definition) is 1. The molecular weight excluding hydrogens is 208 g/mol. The summed E-state index contributed by atoms with van der Waals surface area (Å²) in [5.41, 5.74) is 0. The van der Waals surface area contributed by atoms with Crippen molar-refractivity contribution in [2.24, 2.45) is 17.8 Å². The highest BCUT2D eigenvalue weighted by molar-refractivity contribution is 4.82. The van der Waals surface area contributed by atoms with Crippen LogP contribution in [0.25, 0.3) is 0 Å². The SMILES string of the molecule is CC1CC(C)CC(N(C)CC2CCCNC2)C1. The van der Waals surface area contributed by atoms with E-state index in [0.29, 0.717) is 0 Å². The summed E-state index contributed by atoms with van der Waals surface area (Å²) in [6.07, 6.45) is 7.07. The molecule has 1 saturated carbocycles. The van der Waals surface area contributed by atoms with Crippen LogP contribution in [-0.2, 0) is 0 Å². The topological polar surface area (TPSA) is 15.3 Å². The molecule has 0 amide bonds. The Morgan fingerprint density at radius 3 is 2.41 bits per heavy atom. The molecule has 0 spiro atoms. The lowest BCUT2D eigenvalue weighted by molar-refractivity contribution is 0.112. The zero-order valence-electron chi connectivity index (χ0n) is 11.9. The van der Waals surface area contributed by atoms with Crippen LogP contribution in [0.3, 0.4) is 0 Å². The van der Waals surface area contributed by atoms with Crippen LogP contribution in [0, 0.1) is 17.8 Å². The van der Waals surface area contributed by atoms with Gasteiger partial charge in [-0.2, -0.15) is 0 Å². The predicted octanol–water partition coefficient (Wildman–Crippen LogP) is 2.74. The van der Waals surface area contributed by atoms with Crippen molar-refractivity contribution in [2.45, 2.75) is 52.0 Å². The maximum Gasteiger partial charge on any atom is 0.00974 e. The van der Waals surface area contributed by atoms with Gasteiger partial charge in [-0.3, -0.25) is 0 Å². The molecule has 2 rings (SSSR count). The van der Waals surface area contributed by atoms with Gasteiger partial charge in [0.1, 0.15) is 0 Å². The summed E-state index contributed by atoms with van der Waals surface area (Å²) < 4.78 is 0. The maximum absolute atomic E-state index is 3.53.